The number of nitrogens with one attached hydrogen (secondary N) is 1. The Labute approximate surface area is 102 Å². The molecule has 0 saturated heterocycles. The van der Waals surface area contributed by atoms with Crippen LogP contribution in [0.3, 0.4) is 0 Å². The van der Waals surface area contributed by atoms with Gasteiger partial charge in [-0.2, -0.15) is 0 Å². The molecule has 0 bridgehead atoms. The standard InChI is InChI=1S/C10H13BrN2O3/c1-2-8(14)6-12-9-5-7(11)3-4-10(9)13(15)16/h3-5,8,12,14H,2,6H2,1H3. The summed E-state index contributed by atoms with van der Waals surface area (Å²) in [6.45, 7) is 2.15. The number of hydrogen-bond acceptors (Lipinski definition) is 4. The Hall–Kier alpha value is -1.14. The smallest absolute Gasteiger partial charge is 0.292 e. The van der Waals surface area contributed by atoms with Crippen LogP contribution in [-0.4, -0.2) is 22.7 Å². The van der Waals surface area contributed by atoms with Gasteiger partial charge in [0.1, 0.15) is 5.69 Å². The molecule has 0 spiro atoms. The minimum Gasteiger partial charge on any atom is -0.391 e. The first-order chi connectivity index (χ1) is 7.54. The first kappa shape index (κ1) is 12.9. The second-order valence-electron chi connectivity index (χ2n) is 3.36. The number of halogens is 1. The van der Waals surface area contributed by atoms with Gasteiger partial charge in [0.2, 0.25) is 0 Å². The lowest BCUT2D eigenvalue weighted by molar-refractivity contribution is -0.384. The van der Waals surface area contributed by atoms with Crippen LogP contribution in [0.1, 0.15) is 13.3 Å². The van der Waals surface area contributed by atoms with E-state index >= 15 is 0 Å². The van der Waals surface area contributed by atoms with Crippen molar-refractivity contribution in [3.63, 3.8) is 0 Å². The molecule has 0 amide bonds. The summed E-state index contributed by atoms with van der Waals surface area (Å²) in [5, 5.41) is 23.0. The highest BCUT2D eigenvalue weighted by molar-refractivity contribution is 9.10. The van der Waals surface area contributed by atoms with Crippen LogP contribution >= 0.6 is 15.9 Å². The zero-order valence-corrected chi connectivity index (χ0v) is 10.4. The minimum absolute atomic E-state index is 0.00602. The highest BCUT2D eigenvalue weighted by Gasteiger charge is 2.14. The van der Waals surface area contributed by atoms with Crippen molar-refractivity contribution in [1.29, 1.82) is 0 Å². The van der Waals surface area contributed by atoms with E-state index in [1.807, 2.05) is 6.92 Å². The summed E-state index contributed by atoms with van der Waals surface area (Å²) in [7, 11) is 0. The summed E-state index contributed by atoms with van der Waals surface area (Å²) < 4.78 is 0.756. The molecule has 0 heterocycles. The second-order valence-corrected chi connectivity index (χ2v) is 4.28. The highest BCUT2D eigenvalue weighted by atomic mass is 79.9. The molecule has 1 aromatic rings. The van der Waals surface area contributed by atoms with Gasteiger partial charge in [0, 0.05) is 17.1 Å². The summed E-state index contributed by atoms with van der Waals surface area (Å²) in [4.78, 5) is 10.3. The highest BCUT2D eigenvalue weighted by Crippen LogP contribution is 2.27. The van der Waals surface area contributed by atoms with Crippen LogP contribution < -0.4 is 5.32 Å². The number of nitro groups is 1. The first-order valence-corrected chi connectivity index (χ1v) is 5.69. The SMILES string of the molecule is CCC(O)CNc1cc(Br)ccc1[N+](=O)[O-]. The molecule has 5 nitrogen and oxygen atoms in total. The molecule has 0 aliphatic heterocycles. The van der Waals surface area contributed by atoms with E-state index < -0.39 is 11.0 Å². The summed E-state index contributed by atoms with van der Waals surface area (Å²) in [6, 6.07) is 4.66. The lowest BCUT2D eigenvalue weighted by Crippen LogP contribution is -2.18. The fourth-order valence-corrected chi connectivity index (χ4v) is 1.54. The lowest BCUT2D eigenvalue weighted by atomic mass is 10.2. The summed E-state index contributed by atoms with van der Waals surface area (Å²) in [5.74, 6) is 0. The zero-order chi connectivity index (χ0) is 12.1. The summed E-state index contributed by atoms with van der Waals surface area (Å²) in [5.41, 5.74) is 0.415. The van der Waals surface area contributed by atoms with Crippen LogP contribution in [0.2, 0.25) is 0 Å². The summed E-state index contributed by atoms with van der Waals surface area (Å²) in [6.07, 6.45) is 0.105. The molecule has 6 heteroatoms. The Morgan fingerprint density at radius 2 is 2.31 bits per heavy atom. The maximum Gasteiger partial charge on any atom is 0.292 e. The maximum atomic E-state index is 10.7. The molecule has 0 fully saturated rings. The number of nitrogens with zero attached hydrogens (tertiary/aromatic N) is 1. The Balaban J connectivity index is 2.84. The van der Waals surface area contributed by atoms with Crippen LogP contribution in [0.25, 0.3) is 0 Å². The van der Waals surface area contributed by atoms with Crippen molar-refractivity contribution in [1.82, 2.24) is 0 Å². The van der Waals surface area contributed by atoms with E-state index in [9.17, 15) is 15.2 Å². The third-order valence-corrected chi connectivity index (χ3v) is 2.65. The van der Waals surface area contributed by atoms with Crippen molar-refractivity contribution in [3.8, 4) is 0 Å². The van der Waals surface area contributed by atoms with E-state index in [0.29, 0.717) is 18.7 Å². The largest absolute Gasteiger partial charge is 0.391 e. The first-order valence-electron chi connectivity index (χ1n) is 4.90. The maximum absolute atomic E-state index is 10.7. The third kappa shape index (κ3) is 3.46. The molecule has 1 aromatic carbocycles. The van der Waals surface area contributed by atoms with Crippen molar-refractivity contribution in [3.05, 3.63) is 32.8 Å². The Morgan fingerprint density at radius 3 is 2.88 bits per heavy atom. The number of benzene rings is 1. The van der Waals surface area contributed by atoms with Gasteiger partial charge in [-0.3, -0.25) is 10.1 Å². The van der Waals surface area contributed by atoms with Gasteiger partial charge in [-0.25, -0.2) is 0 Å². The topological polar surface area (TPSA) is 75.4 Å². The number of nitro benzene ring substituents is 1. The predicted octanol–water partition coefficient (Wildman–Crippen LogP) is 2.54. The average Bonchev–Trinajstić information content (AvgIpc) is 2.25. The molecule has 0 saturated carbocycles. The molecule has 1 rings (SSSR count). The van der Waals surface area contributed by atoms with E-state index in [1.54, 1.807) is 12.1 Å². The Morgan fingerprint density at radius 1 is 1.62 bits per heavy atom. The van der Waals surface area contributed by atoms with Crippen molar-refractivity contribution < 1.29 is 10.0 Å². The number of anilines is 1. The molecular weight excluding hydrogens is 276 g/mol. The normalized spacial score (nSPS) is 12.2. The van der Waals surface area contributed by atoms with Gasteiger partial charge >= 0.3 is 0 Å². The van der Waals surface area contributed by atoms with Crippen molar-refractivity contribution >= 4 is 27.3 Å². The fourth-order valence-electron chi connectivity index (χ4n) is 1.18. The summed E-state index contributed by atoms with van der Waals surface area (Å²) >= 11 is 3.24. The molecule has 16 heavy (non-hydrogen) atoms. The molecule has 1 atom stereocenters. The zero-order valence-electron chi connectivity index (χ0n) is 8.81. The van der Waals surface area contributed by atoms with E-state index in [2.05, 4.69) is 21.2 Å². The van der Waals surface area contributed by atoms with E-state index in [1.165, 1.54) is 6.07 Å². The quantitative estimate of drug-likeness (QED) is 0.645. The number of hydrogen-bond donors (Lipinski definition) is 2. The van der Waals surface area contributed by atoms with Crippen LogP contribution in [0.15, 0.2) is 22.7 Å². The predicted molar refractivity (Wildman–Crippen MR) is 65.6 cm³/mol. The lowest BCUT2D eigenvalue weighted by Gasteiger charge is -2.11. The fraction of sp³-hybridized carbons (Fsp3) is 0.400. The van der Waals surface area contributed by atoms with Gasteiger partial charge in [-0.15, -0.1) is 0 Å². The number of rotatable bonds is 5. The molecular formula is C10H13BrN2O3. The van der Waals surface area contributed by atoms with Gasteiger partial charge in [-0.05, 0) is 18.6 Å². The molecule has 0 radical (unpaired) electrons. The van der Waals surface area contributed by atoms with Gasteiger partial charge in [-0.1, -0.05) is 22.9 Å². The monoisotopic (exact) mass is 288 g/mol. The van der Waals surface area contributed by atoms with Crippen LogP contribution in [0.5, 0.6) is 0 Å². The Kier molecular flexibility index (Phi) is 4.70. The Bertz CT molecular complexity index is 384. The van der Waals surface area contributed by atoms with Gasteiger partial charge in [0.15, 0.2) is 0 Å². The third-order valence-electron chi connectivity index (χ3n) is 2.15. The number of aliphatic hydroxyl groups is 1. The molecule has 1 unspecified atom stereocenters. The van der Waals surface area contributed by atoms with Crippen molar-refractivity contribution in [2.75, 3.05) is 11.9 Å². The molecule has 0 aliphatic carbocycles. The van der Waals surface area contributed by atoms with Crippen LogP contribution in [0, 0.1) is 10.1 Å². The molecule has 2 N–H and O–H groups in total. The van der Waals surface area contributed by atoms with Crippen LogP contribution in [0.4, 0.5) is 11.4 Å². The van der Waals surface area contributed by atoms with Crippen LogP contribution in [-0.2, 0) is 0 Å². The van der Waals surface area contributed by atoms with E-state index in [0.717, 1.165) is 4.47 Å². The van der Waals surface area contributed by atoms with Gasteiger partial charge < -0.3 is 10.4 Å². The minimum atomic E-state index is -0.501. The van der Waals surface area contributed by atoms with Crippen molar-refractivity contribution in [2.24, 2.45) is 0 Å². The molecule has 88 valence electrons. The number of aliphatic hydroxyl groups excluding tert-OH is 1. The van der Waals surface area contributed by atoms with E-state index in [4.69, 9.17) is 0 Å². The van der Waals surface area contributed by atoms with Gasteiger partial charge in [0.25, 0.3) is 5.69 Å². The van der Waals surface area contributed by atoms with E-state index in [-0.39, 0.29) is 5.69 Å². The molecule has 0 aromatic heterocycles. The second kappa shape index (κ2) is 5.81. The molecule has 0 aliphatic rings. The average molecular weight is 289 g/mol. The van der Waals surface area contributed by atoms with Gasteiger partial charge in [0.05, 0.1) is 11.0 Å². The van der Waals surface area contributed by atoms with Crippen molar-refractivity contribution in [2.45, 2.75) is 19.4 Å².